The van der Waals surface area contributed by atoms with Gasteiger partial charge < -0.3 is 10.2 Å². The van der Waals surface area contributed by atoms with Crippen molar-refractivity contribution in [2.45, 2.75) is 34.1 Å². The van der Waals surface area contributed by atoms with Gasteiger partial charge in [0.05, 0.1) is 0 Å². The molecule has 0 aliphatic heterocycles. The fourth-order valence-corrected chi connectivity index (χ4v) is 1.88. The van der Waals surface area contributed by atoms with Crippen LogP contribution >= 0.6 is 0 Å². The minimum atomic E-state index is 0.0874. The number of anilines is 1. The number of rotatable bonds is 7. The second-order valence-corrected chi connectivity index (χ2v) is 4.82. The summed E-state index contributed by atoms with van der Waals surface area (Å²) >= 11 is 0. The minimum Gasteiger partial charge on any atom is -0.370 e. The Bertz CT molecular complexity index is 406. The van der Waals surface area contributed by atoms with Gasteiger partial charge in [0.25, 0.3) is 5.91 Å². The van der Waals surface area contributed by atoms with Gasteiger partial charge in [-0.15, -0.1) is 0 Å². The van der Waals surface area contributed by atoms with Gasteiger partial charge in [-0.25, -0.2) is 4.98 Å². The van der Waals surface area contributed by atoms with E-state index in [1.165, 1.54) is 0 Å². The molecule has 1 aromatic heterocycles. The van der Waals surface area contributed by atoms with Crippen LogP contribution < -0.4 is 5.32 Å². The van der Waals surface area contributed by atoms with Crippen molar-refractivity contribution in [3.8, 4) is 0 Å². The molecule has 4 nitrogen and oxygen atoms in total. The summed E-state index contributed by atoms with van der Waals surface area (Å²) in [6.45, 7) is 10.7. The summed E-state index contributed by atoms with van der Waals surface area (Å²) in [5.74, 6) is 1.37. The van der Waals surface area contributed by atoms with Crippen LogP contribution in [0.4, 0.5) is 5.82 Å². The molecule has 1 unspecified atom stereocenters. The van der Waals surface area contributed by atoms with Crippen molar-refractivity contribution in [1.29, 1.82) is 0 Å². The number of nitrogens with zero attached hydrogens (tertiary/aromatic N) is 2. The molecule has 19 heavy (non-hydrogen) atoms. The van der Waals surface area contributed by atoms with Crippen LogP contribution in [0.25, 0.3) is 0 Å². The van der Waals surface area contributed by atoms with Gasteiger partial charge >= 0.3 is 0 Å². The lowest BCUT2D eigenvalue weighted by Crippen LogP contribution is -2.34. The molecule has 0 spiro atoms. The molecule has 0 aliphatic carbocycles. The Balaban J connectivity index is 2.81. The molecular formula is C15H25N3O. The first-order chi connectivity index (χ1) is 9.12. The van der Waals surface area contributed by atoms with E-state index < -0.39 is 0 Å². The van der Waals surface area contributed by atoms with Crippen LogP contribution in [0.2, 0.25) is 0 Å². The first-order valence-corrected chi connectivity index (χ1v) is 7.11. The molecule has 0 aliphatic rings. The normalized spacial score (nSPS) is 12.0. The number of amides is 1. The minimum absolute atomic E-state index is 0.0874. The van der Waals surface area contributed by atoms with E-state index in [1.807, 2.05) is 24.8 Å². The van der Waals surface area contributed by atoms with Gasteiger partial charge in [0, 0.05) is 31.4 Å². The molecule has 4 heteroatoms. The highest BCUT2D eigenvalue weighted by molar-refractivity contribution is 5.94. The molecule has 106 valence electrons. The predicted octanol–water partition coefficient (Wildman–Crippen LogP) is 3.02. The van der Waals surface area contributed by atoms with Crippen molar-refractivity contribution in [3.05, 3.63) is 23.9 Å². The highest BCUT2D eigenvalue weighted by Gasteiger charge is 2.16. The summed E-state index contributed by atoms with van der Waals surface area (Å²) < 4.78 is 0. The first-order valence-electron chi connectivity index (χ1n) is 7.11. The largest absolute Gasteiger partial charge is 0.370 e. The third-order valence-corrected chi connectivity index (χ3v) is 3.26. The average molecular weight is 263 g/mol. The molecule has 0 fully saturated rings. The molecule has 0 radical (unpaired) electrons. The van der Waals surface area contributed by atoms with E-state index in [9.17, 15) is 4.79 Å². The lowest BCUT2D eigenvalue weighted by molar-refractivity contribution is 0.0741. The Hall–Kier alpha value is -1.58. The van der Waals surface area contributed by atoms with Crippen molar-refractivity contribution >= 4 is 11.7 Å². The average Bonchev–Trinajstić information content (AvgIpc) is 2.44. The van der Waals surface area contributed by atoms with Gasteiger partial charge in [-0.3, -0.25) is 4.79 Å². The summed E-state index contributed by atoms with van der Waals surface area (Å²) in [6.07, 6.45) is 2.77. The molecule has 0 saturated heterocycles. The van der Waals surface area contributed by atoms with E-state index in [1.54, 1.807) is 12.3 Å². The Morgan fingerprint density at radius 1 is 1.42 bits per heavy atom. The standard InChI is InChI=1S/C15H25N3O/c1-5-12(4)11-18(7-3)15(19)13-8-9-17-14(10-13)16-6-2/h8-10,12H,5-7,11H2,1-4H3,(H,16,17). The topological polar surface area (TPSA) is 45.2 Å². The van der Waals surface area contributed by atoms with Crippen LogP contribution in [-0.2, 0) is 0 Å². The molecule has 1 atom stereocenters. The zero-order valence-corrected chi connectivity index (χ0v) is 12.4. The smallest absolute Gasteiger partial charge is 0.254 e. The van der Waals surface area contributed by atoms with Crippen molar-refractivity contribution in [1.82, 2.24) is 9.88 Å². The van der Waals surface area contributed by atoms with E-state index in [0.29, 0.717) is 11.5 Å². The third-order valence-electron chi connectivity index (χ3n) is 3.26. The van der Waals surface area contributed by atoms with Crippen molar-refractivity contribution < 1.29 is 4.79 Å². The van der Waals surface area contributed by atoms with Gasteiger partial charge in [0.2, 0.25) is 0 Å². The van der Waals surface area contributed by atoms with Crippen LogP contribution in [-0.4, -0.2) is 35.4 Å². The zero-order valence-electron chi connectivity index (χ0n) is 12.4. The number of aromatic nitrogens is 1. The Labute approximate surface area is 116 Å². The van der Waals surface area contributed by atoms with Crippen molar-refractivity contribution in [2.75, 3.05) is 25.0 Å². The van der Waals surface area contributed by atoms with Crippen LogP contribution in [0.3, 0.4) is 0 Å². The van der Waals surface area contributed by atoms with Crippen molar-refractivity contribution in [2.24, 2.45) is 5.92 Å². The van der Waals surface area contributed by atoms with Crippen LogP contribution in [0.1, 0.15) is 44.5 Å². The number of nitrogens with one attached hydrogen (secondary N) is 1. The number of hydrogen-bond donors (Lipinski definition) is 1. The van der Waals surface area contributed by atoms with Gasteiger partial charge in [0.15, 0.2) is 0 Å². The molecule has 1 rings (SSSR count). The van der Waals surface area contributed by atoms with Crippen LogP contribution in [0.5, 0.6) is 0 Å². The number of carbonyl (C=O) groups excluding carboxylic acids is 1. The van der Waals surface area contributed by atoms with E-state index >= 15 is 0 Å². The quantitative estimate of drug-likeness (QED) is 0.822. The Morgan fingerprint density at radius 2 is 2.16 bits per heavy atom. The summed E-state index contributed by atoms with van der Waals surface area (Å²) in [6, 6.07) is 3.60. The van der Waals surface area contributed by atoms with Gasteiger partial charge in [-0.2, -0.15) is 0 Å². The van der Waals surface area contributed by atoms with Crippen LogP contribution in [0, 0.1) is 5.92 Å². The second-order valence-electron chi connectivity index (χ2n) is 4.82. The fraction of sp³-hybridized carbons (Fsp3) is 0.600. The molecule has 1 amide bonds. The van der Waals surface area contributed by atoms with Gasteiger partial charge in [-0.05, 0) is 31.9 Å². The van der Waals surface area contributed by atoms with E-state index in [-0.39, 0.29) is 5.91 Å². The number of carbonyl (C=O) groups is 1. The number of pyridine rings is 1. The zero-order chi connectivity index (χ0) is 14.3. The maximum Gasteiger partial charge on any atom is 0.254 e. The number of hydrogen-bond acceptors (Lipinski definition) is 3. The predicted molar refractivity (Wildman–Crippen MR) is 79.4 cm³/mol. The summed E-state index contributed by atoms with van der Waals surface area (Å²) in [7, 11) is 0. The summed E-state index contributed by atoms with van der Waals surface area (Å²) in [5.41, 5.74) is 0.705. The lowest BCUT2D eigenvalue weighted by atomic mass is 10.1. The maximum atomic E-state index is 12.5. The molecule has 1 aromatic rings. The molecule has 1 heterocycles. The lowest BCUT2D eigenvalue weighted by Gasteiger charge is -2.24. The summed E-state index contributed by atoms with van der Waals surface area (Å²) in [5, 5.41) is 3.13. The third kappa shape index (κ3) is 4.54. The van der Waals surface area contributed by atoms with E-state index in [0.717, 1.165) is 31.9 Å². The molecule has 0 aromatic carbocycles. The first kappa shape index (κ1) is 15.5. The van der Waals surface area contributed by atoms with Gasteiger partial charge in [0.1, 0.15) is 5.82 Å². The molecular weight excluding hydrogens is 238 g/mol. The van der Waals surface area contributed by atoms with Crippen LogP contribution in [0.15, 0.2) is 18.3 Å². The maximum absolute atomic E-state index is 12.5. The highest BCUT2D eigenvalue weighted by Crippen LogP contribution is 2.12. The molecule has 1 N–H and O–H groups in total. The second kappa shape index (κ2) is 7.77. The SMILES string of the molecule is CCNc1cc(C(=O)N(CC)CC(C)CC)ccn1. The summed E-state index contributed by atoms with van der Waals surface area (Å²) in [4.78, 5) is 18.5. The van der Waals surface area contributed by atoms with Gasteiger partial charge in [-0.1, -0.05) is 20.3 Å². The molecule has 0 saturated carbocycles. The van der Waals surface area contributed by atoms with E-state index in [2.05, 4.69) is 24.1 Å². The Kier molecular flexibility index (Phi) is 6.33. The van der Waals surface area contributed by atoms with Crippen molar-refractivity contribution in [3.63, 3.8) is 0 Å². The monoisotopic (exact) mass is 263 g/mol. The Morgan fingerprint density at radius 3 is 2.74 bits per heavy atom. The van der Waals surface area contributed by atoms with E-state index in [4.69, 9.17) is 0 Å². The highest BCUT2D eigenvalue weighted by atomic mass is 16.2. The fourth-order valence-electron chi connectivity index (χ4n) is 1.88. The molecule has 0 bridgehead atoms.